The van der Waals surface area contributed by atoms with Gasteiger partial charge in [0.2, 0.25) is 5.91 Å². The number of hydrogen-bond acceptors (Lipinski definition) is 3. The fourth-order valence-corrected chi connectivity index (χ4v) is 2.62. The Balaban J connectivity index is 2.75. The molecule has 0 aliphatic heterocycles. The number of rotatable bonds is 6. The first-order chi connectivity index (χ1) is 8.87. The molecule has 0 atom stereocenters. The second kappa shape index (κ2) is 6.70. The summed E-state index contributed by atoms with van der Waals surface area (Å²) in [7, 11) is -3.25. The second-order valence-electron chi connectivity index (χ2n) is 4.77. The van der Waals surface area contributed by atoms with Gasteiger partial charge in [0, 0.05) is 12.1 Å². The summed E-state index contributed by atoms with van der Waals surface area (Å²) in [5, 5.41) is 2.30. The number of carbonyl (C=O) groups excluding carboxylic acids is 1. The molecule has 0 aliphatic rings. The fraction of sp³-hybridized carbons (Fsp3) is 0.500. The number of carbonyl (C=O) groups is 1. The number of nitrogens with one attached hydrogen (secondary N) is 1. The smallest absolute Gasteiger partial charge is 0.224 e. The zero-order valence-electron chi connectivity index (χ0n) is 11.6. The third-order valence-electron chi connectivity index (χ3n) is 2.84. The van der Waals surface area contributed by atoms with Crippen molar-refractivity contribution in [2.24, 2.45) is 0 Å². The van der Waals surface area contributed by atoms with E-state index < -0.39 is 15.1 Å². The Bertz CT molecular complexity index is 518. The maximum Gasteiger partial charge on any atom is 0.224 e. The van der Waals surface area contributed by atoms with E-state index >= 15 is 0 Å². The van der Waals surface area contributed by atoms with Crippen molar-refractivity contribution in [1.82, 2.24) is 0 Å². The van der Waals surface area contributed by atoms with Gasteiger partial charge in [0.05, 0.1) is 10.1 Å². The molecule has 0 unspecified atom stereocenters. The van der Waals surface area contributed by atoms with Crippen LogP contribution in [0, 0.1) is 0 Å². The number of hydrogen-bond donors (Lipinski definition) is 1. The van der Waals surface area contributed by atoms with Gasteiger partial charge in [-0.15, -0.1) is 0 Å². The van der Waals surface area contributed by atoms with Crippen molar-refractivity contribution in [3.8, 4) is 0 Å². The molecule has 4 nitrogen and oxygen atoms in total. The van der Waals surface area contributed by atoms with Crippen LogP contribution in [0.4, 0.5) is 5.69 Å². The molecule has 5 heteroatoms. The van der Waals surface area contributed by atoms with Crippen molar-refractivity contribution in [3.63, 3.8) is 0 Å². The van der Waals surface area contributed by atoms with Crippen LogP contribution in [0.3, 0.4) is 0 Å². The van der Waals surface area contributed by atoms with Gasteiger partial charge in [-0.2, -0.15) is 0 Å². The lowest BCUT2D eigenvalue weighted by Gasteiger charge is -2.09. The Labute approximate surface area is 115 Å². The van der Waals surface area contributed by atoms with Crippen LogP contribution in [-0.4, -0.2) is 19.6 Å². The Morgan fingerprint density at radius 2 is 1.79 bits per heavy atom. The summed E-state index contributed by atoms with van der Waals surface area (Å²) in [4.78, 5) is 11.8. The molecule has 19 heavy (non-hydrogen) atoms. The topological polar surface area (TPSA) is 63.2 Å². The van der Waals surface area contributed by atoms with E-state index in [1.165, 1.54) is 12.1 Å². The van der Waals surface area contributed by atoms with Crippen molar-refractivity contribution in [2.45, 2.75) is 50.2 Å². The van der Waals surface area contributed by atoms with Crippen LogP contribution in [0.25, 0.3) is 0 Å². The number of amides is 1. The summed E-state index contributed by atoms with van der Waals surface area (Å²) in [5.74, 6) is -0.0404. The zero-order chi connectivity index (χ0) is 14.5. The predicted octanol–water partition coefficient (Wildman–Crippen LogP) is 3.00. The maximum absolute atomic E-state index is 11.9. The monoisotopic (exact) mass is 283 g/mol. The summed E-state index contributed by atoms with van der Waals surface area (Å²) < 4.78 is 23.8. The van der Waals surface area contributed by atoms with Crippen LogP contribution < -0.4 is 5.32 Å². The Morgan fingerprint density at radius 1 is 1.21 bits per heavy atom. The van der Waals surface area contributed by atoms with E-state index in [-0.39, 0.29) is 10.8 Å². The number of anilines is 1. The van der Waals surface area contributed by atoms with Crippen molar-refractivity contribution >= 4 is 21.4 Å². The van der Waals surface area contributed by atoms with E-state index in [0.717, 1.165) is 12.8 Å². The molecule has 0 aliphatic carbocycles. The highest BCUT2D eigenvalue weighted by Gasteiger charge is 2.18. The van der Waals surface area contributed by atoms with E-state index in [4.69, 9.17) is 0 Å². The fourth-order valence-electron chi connectivity index (χ4n) is 1.56. The maximum atomic E-state index is 11.9. The van der Waals surface area contributed by atoms with E-state index in [9.17, 15) is 13.2 Å². The van der Waals surface area contributed by atoms with E-state index in [1.807, 2.05) is 6.92 Å². The first-order valence-electron chi connectivity index (χ1n) is 6.51. The third kappa shape index (κ3) is 4.35. The summed E-state index contributed by atoms with van der Waals surface area (Å²) in [5.41, 5.74) is 0.629. The van der Waals surface area contributed by atoms with Crippen LogP contribution in [0.5, 0.6) is 0 Å². The molecular formula is C14H21NO3S. The van der Waals surface area contributed by atoms with E-state index in [1.54, 1.807) is 26.0 Å². The minimum absolute atomic E-state index is 0.0404. The van der Waals surface area contributed by atoms with Crippen LogP contribution >= 0.6 is 0 Å². The molecule has 1 N–H and O–H groups in total. The van der Waals surface area contributed by atoms with Crippen LogP contribution in [0.1, 0.15) is 40.0 Å². The number of unbranched alkanes of at least 4 members (excludes halogenated alkanes) is 1. The first-order valence-corrected chi connectivity index (χ1v) is 8.06. The number of sulfone groups is 1. The molecule has 0 fully saturated rings. The average Bonchev–Trinajstić information content (AvgIpc) is 2.36. The van der Waals surface area contributed by atoms with E-state index in [2.05, 4.69) is 5.32 Å². The van der Waals surface area contributed by atoms with Crippen LogP contribution in [0.2, 0.25) is 0 Å². The first kappa shape index (κ1) is 15.7. The highest BCUT2D eigenvalue weighted by atomic mass is 32.2. The van der Waals surface area contributed by atoms with Crippen molar-refractivity contribution in [3.05, 3.63) is 24.3 Å². The normalized spacial score (nSPS) is 11.6. The van der Waals surface area contributed by atoms with Crippen molar-refractivity contribution in [1.29, 1.82) is 0 Å². The highest BCUT2D eigenvalue weighted by molar-refractivity contribution is 7.92. The highest BCUT2D eigenvalue weighted by Crippen LogP contribution is 2.18. The summed E-state index contributed by atoms with van der Waals surface area (Å²) in [6.45, 7) is 5.32. The lowest BCUT2D eigenvalue weighted by atomic mass is 10.2. The molecule has 0 spiro atoms. The molecule has 0 saturated carbocycles. The van der Waals surface area contributed by atoms with Gasteiger partial charge >= 0.3 is 0 Å². The molecular weight excluding hydrogens is 262 g/mol. The molecule has 0 saturated heterocycles. The van der Waals surface area contributed by atoms with Gasteiger partial charge in [0.25, 0.3) is 0 Å². The molecule has 106 valence electrons. The number of benzene rings is 1. The standard InChI is InChI=1S/C14H21NO3S/c1-4-5-6-14(16)15-12-7-9-13(10-8-12)19(17,18)11(2)3/h7-11H,4-6H2,1-3H3,(H,15,16). The quantitative estimate of drug-likeness (QED) is 0.873. The van der Waals surface area contributed by atoms with Gasteiger partial charge in [0.15, 0.2) is 9.84 Å². The van der Waals surface area contributed by atoms with Gasteiger partial charge in [-0.1, -0.05) is 13.3 Å². The van der Waals surface area contributed by atoms with Gasteiger partial charge in [-0.25, -0.2) is 8.42 Å². The summed E-state index contributed by atoms with van der Waals surface area (Å²) in [6, 6.07) is 6.31. The minimum Gasteiger partial charge on any atom is -0.326 e. The molecule has 1 amide bonds. The molecule has 0 heterocycles. The Morgan fingerprint density at radius 3 is 2.26 bits per heavy atom. The van der Waals surface area contributed by atoms with Gasteiger partial charge in [0.1, 0.15) is 0 Å². The minimum atomic E-state index is -3.25. The summed E-state index contributed by atoms with van der Waals surface area (Å²) >= 11 is 0. The molecule has 0 bridgehead atoms. The Kier molecular flexibility index (Phi) is 5.54. The van der Waals surface area contributed by atoms with Crippen LogP contribution in [0.15, 0.2) is 29.2 Å². The second-order valence-corrected chi connectivity index (χ2v) is 7.27. The predicted molar refractivity (Wildman–Crippen MR) is 76.9 cm³/mol. The van der Waals surface area contributed by atoms with Gasteiger partial charge in [-0.05, 0) is 44.5 Å². The van der Waals surface area contributed by atoms with Gasteiger partial charge in [-0.3, -0.25) is 4.79 Å². The Hall–Kier alpha value is -1.36. The van der Waals surface area contributed by atoms with Crippen LogP contribution in [-0.2, 0) is 14.6 Å². The SMILES string of the molecule is CCCCC(=O)Nc1ccc(S(=O)(=O)C(C)C)cc1. The van der Waals surface area contributed by atoms with Gasteiger partial charge < -0.3 is 5.32 Å². The largest absolute Gasteiger partial charge is 0.326 e. The lowest BCUT2D eigenvalue weighted by molar-refractivity contribution is -0.116. The van der Waals surface area contributed by atoms with Crippen molar-refractivity contribution in [2.75, 3.05) is 5.32 Å². The molecule has 0 radical (unpaired) electrons. The zero-order valence-corrected chi connectivity index (χ0v) is 12.5. The molecule has 1 aromatic rings. The third-order valence-corrected chi connectivity index (χ3v) is 5.02. The summed E-state index contributed by atoms with van der Waals surface area (Å²) in [6.07, 6.45) is 2.31. The van der Waals surface area contributed by atoms with E-state index in [0.29, 0.717) is 12.1 Å². The molecule has 0 aromatic heterocycles. The van der Waals surface area contributed by atoms with Crippen molar-refractivity contribution < 1.29 is 13.2 Å². The molecule has 1 aromatic carbocycles. The lowest BCUT2D eigenvalue weighted by Crippen LogP contribution is -2.14. The average molecular weight is 283 g/mol. The molecule has 1 rings (SSSR count).